The molecule has 1 unspecified atom stereocenters. The summed E-state index contributed by atoms with van der Waals surface area (Å²) in [6.07, 6.45) is 4.59. The van der Waals surface area contributed by atoms with Crippen molar-refractivity contribution in [2.75, 3.05) is 26.8 Å². The number of carbonyl (C=O) groups excluding carboxylic acids is 2. The van der Waals surface area contributed by atoms with E-state index >= 15 is 0 Å². The van der Waals surface area contributed by atoms with Crippen molar-refractivity contribution in [3.63, 3.8) is 0 Å². The summed E-state index contributed by atoms with van der Waals surface area (Å²) in [5.41, 5.74) is 4.55. The minimum absolute atomic E-state index is 0.0139. The first-order valence-corrected chi connectivity index (χ1v) is 9.25. The van der Waals surface area contributed by atoms with Gasteiger partial charge in [0.05, 0.1) is 0 Å². The summed E-state index contributed by atoms with van der Waals surface area (Å²) in [5.74, 6) is -0.404. The molecule has 1 aromatic carbocycles. The van der Waals surface area contributed by atoms with E-state index in [1.54, 1.807) is 25.6 Å². The number of methoxy groups -OCH3 is 1. The summed E-state index contributed by atoms with van der Waals surface area (Å²) in [7, 11) is 1.67. The van der Waals surface area contributed by atoms with Gasteiger partial charge in [-0.3, -0.25) is 14.8 Å². The van der Waals surface area contributed by atoms with Crippen molar-refractivity contribution in [2.45, 2.75) is 46.0 Å². The van der Waals surface area contributed by atoms with E-state index in [2.05, 4.69) is 6.92 Å². The molecule has 0 saturated heterocycles. The lowest BCUT2D eigenvalue weighted by Gasteiger charge is -2.41. The highest BCUT2D eigenvalue weighted by Crippen LogP contribution is 2.39. The van der Waals surface area contributed by atoms with E-state index in [-0.39, 0.29) is 11.3 Å². The van der Waals surface area contributed by atoms with E-state index in [0.717, 1.165) is 44.2 Å². The van der Waals surface area contributed by atoms with Crippen molar-refractivity contribution in [3.05, 3.63) is 34.9 Å². The third kappa shape index (κ3) is 4.83. The summed E-state index contributed by atoms with van der Waals surface area (Å²) < 4.78 is 5.11. The predicted octanol–water partition coefficient (Wildman–Crippen LogP) is 2.58. The van der Waals surface area contributed by atoms with Gasteiger partial charge in [0.25, 0.3) is 5.91 Å². The standard InChI is InChI=1S/C20H30N2O4/c1-4-20(14-22(15(2)23)10-5-11-26-3)9-8-16-6-7-17(19(24)21-25)12-18(16)13-20/h6-7,12,25H,4-5,8-11,13-14H2,1-3H3,(H,21,24). The fraction of sp³-hybridized carbons (Fsp3) is 0.600. The number of aryl methyl sites for hydroxylation is 1. The van der Waals surface area contributed by atoms with E-state index < -0.39 is 5.91 Å². The molecule has 6 nitrogen and oxygen atoms in total. The Bertz CT molecular complexity index is 647. The molecule has 26 heavy (non-hydrogen) atoms. The second-order valence-corrected chi connectivity index (χ2v) is 7.24. The van der Waals surface area contributed by atoms with Crippen LogP contribution in [0.3, 0.4) is 0 Å². The monoisotopic (exact) mass is 362 g/mol. The van der Waals surface area contributed by atoms with Gasteiger partial charge in [0.15, 0.2) is 0 Å². The summed E-state index contributed by atoms with van der Waals surface area (Å²) in [5, 5.41) is 8.87. The topological polar surface area (TPSA) is 78.9 Å². The summed E-state index contributed by atoms with van der Waals surface area (Å²) in [6.45, 7) is 5.86. The fourth-order valence-electron chi connectivity index (χ4n) is 3.83. The maximum absolute atomic E-state index is 12.1. The molecular weight excluding hydrogens is 332 g/mol. The molecule has 144 valence electrons. The molecule has 2 amide bonds. The molecule has 0 radical (unpaired) electrons. The van der Waals surface area contributed by atoms with Gasteiger partial charge in [-0.25, -0.2) is 5.48 Å². The molecule has 2 rings (SSSR count). The number of carbonyl (C=O) groups is 2. The lowest BCUT2D eigenvalue weighted by molar-refractivity contribution is -0.131. The minimum Gasteiger partial charge on any atom is -0.385 e. The van der Waals surface area contributed by atoms with Gasteiger partial charge in [-0.2, -0.15) is 0 Å². The molecule has 1 aromatic rings. The zero-order valence-corrected chi connectivity index (χ0v) is 16.0. The van der Waals surface area contributed by atoms with E-state index in [9.17, 15) is 9.59 Å². The lowest BCUT2D eigenvalue weighted by atomic mass is 9.69. The number of hydrogen-bond acceptors (Lipinski definition) is 4. The number of fused-ring (bicyclic) bond motifs is 1. The van der Waals surface area contributed by atoms with Gasteiger partial charge in [0.2, 0.25) is 5.91 Å². The van der Waals surface area contributed by atoms with Gasteiger partial charge in [0.1, 0.15) is 0 Å². The number of amides is 2. The number of nitrogens with one attached hydrogen (secondary N) is 1. The van der Waals surface area contributed by atoms with Crippen LogP contribution in [0.2, 0.25) is 0 Å². The number of ether oxygens (including phenoxy) is 1. The Morgan fingerprint density at radius 2 is 2.12 bits per heavy atom. The summed E-state index contributed by atoms with van der Waals surface area (Å²) in [4.78, 5) is 25.7. The van der Waals surface area contributed by atoms with Crippen LogP contribution >= 0.6 is 0 Å². The molecule has 0 aliphatic heterocycles. The molecular formula is C20H30N2O4. The molecule has 0 heterocycles. The Kier molecular flexibility index (Phi) is 7.17. The second-order valence-electron chi connectivity index (χ2n) is 7.24. The van der Waals surface area contributed by atoms with Gasteiger partial charge in [0, 0.05) is 39.3 Å². The molecule has 0 bridgehead atoms. The first-order chi connectivity index (χ1) is 12.4. The van der Waals surface area contributed by atoms with Crippen molar-refractivity contribution in [3.8, 4) is 0 Å². The highest BCUT2D eigenvalue weighted by Gasteiger charge is 2.35. The molecule has 2 N–H and O–H groups in total. The molecule has 1 aliphatic carbocycles. The van der Waals surface area contributed by atoms with Crippen LogP contribution in [-0.4, -0.2) is 48.7 Å². The third-order valence-corrected chi connectivity index (χ3v) is 5.56. The van der Waals surface area contributed by atoms with Crippen LogP contribution in [-0.2, 0) is 22.4 Å². The van der Waals surface area contributed by atoms with Gasteiger partial charge in [-0.15, -0.1) is 0 Å². The van der Waals surface area contributed by atoms with Crippen molar-refractivity contribution >= 4 is 11.8 Å². The van der Waals surface area contributed by atoms with Gasteiger partial charge < -0.3 is 9.64 Å². The second kappa shape index (κ2) is 9.14. The van der Waals surface area contributed by atoms with E-state index in [1.165, 1.54) is 5.56 Å². The molecule has 0 spiro atoms. The van der Waals surface area contributed by atoms with Crippen LogP contribution < -0.4 is 5.48 Å². The number of hydroxylamine groups is 1. The number of nitrogens with zero attached hydrogens (tertiary/aromatic N) is 1. The maximum atomic E-state index is 12.1. The average molecular weight is 362 g/mol. The van der Waals surface area contributed by atoms with Crippen LogP contribution in [0.4, 0.5) is 0 Å². The van der Waals surface area contributed by atoms with Crippen molar-refractivity contribution < 1.29 is 19.5 Å². The quantitative estimate of drug-likeness (QED) is 0.423. The van der Waals surface area contributed by atoms with E-state index in [4.69, 9.17) is 9.94 Å². The van der Waals surface area contributed by atoms with Crippen LogP contribution in [0.25, 0.3) is 0 Å². The number of hydrogen-bond donors (Lipinski definition) is 2. The Morgan fingerprint density at radius 3 is 2.73 bits per heavy atom. The molecule has 1 atom stereocenters. The number of rotatable bonds is 8. The van der Waals surface area contributed by atoms with Crippen molar-refractivity contribution in [2.24, 2.45) is 5.41 Å². The molecule has 0 fully saturated rings. The molecule has 0 aromatic heterocycles. The zero-order valence-electron chi connectivity index (χ0n) is 16.0. The maximum Gasteiger partial charge on any atom is 0.274 e. The average Bonchev–Trinajstić information content (AvgIpc) is 2.66. The van der Waals surface area contributed by atoms with Crippen molar-refractivity contribution in [1.29, 1.82) is 0 Å². The largest absolute Gasteiger partial charge is 0.385 e. The smallest absolute Gasteiger partial charge is 0.274 e. The Labute approximate surface area is 155 Å². The molecule has 6 heteroatoms. The lowest BCUT2D eigenvalue weighted by Crippen LogP contribution is -2.43. The van der Waals surface area contributed by atoms with Gasteiger partial charge >= 0.3 is 0 Å². The third-order valence-electron chi connectivity index (χ3n) is 5.56. The van der Waals surface area contributed by atoms with Crippen LogP contribution in [0.5, 0.6) is 0 Å². The van der Waals surface area contributed by atoms with Crippen LogP contribution in [0, 0.1) is 5.41 Å². The van der Waals surface area contributed by atoms with Crippen LogP contribution in [0.15, 0.2) is 18.2 Å². The minimum atomic E-state index is -0.495. The number of benzene rings is 1. The summed E-state index contributed by atoms with van der Waals surface area (Å²) in [6, 6.07) is 5.59. The normalized spacial score (nSPS) is 18.9. The highest BCUT2D eigenvalue weighted by molar-refractivity contribution is 5.93. The van der Waals surface area contributed by atoms with Crippen molar-refractivity contribution in [1.82, 2.24) is 10.4 Å². The first kappa shape index (κ1) is 20.4. The van der Waals surface area contributed by atoms with Gasteiger partial charge in [-0.05, 0) is 60.8 Å². The molecule has 0 saturated carbocycles. The first-order valence-electron chi connectivity index (χ1n) is 9.25. The van der Waals surface area contributed by atoms with Gasteiger partial charge in [-0.1, -0.05) is 13.0 Å². The molecule has 1 aliphatic rings. The Morgan fingerprint density at radius 1 is 1.35 bits per heavy atom. The fourth-order valence-corrected chi connectivity index (χ4v) is 3.83. The van der Waals surface area contributed by atoms with E-state index in [1.807, 2.05) is 17.0 Å². The highest BCUT2D eigenvalue weighted by atomic mass is 16.5. The zero-order chi connectivity index (χ0) is 19.2. The summed E-state index contributed by atoms with van der Waals surface area (Å²) >= 11 is 0. The van der Waals surface area contributed by atoms with E-state index in [0.29, 0.717) is 18.7 Å². The Balaban J connectivity index is 2.19. The SMILES string of the molecule is CCC1(CN(CCCOC)C(C)=O)CCc2ccc(C(=O)NO)cc2C1. The Hall–Kier alpha value is -1.92. The van der Waals surface area contributed by atoms with Crippen LogP contribution in [0.1, 0.15) is 54.6 Å². The predicted molar refractivity (Wildman–Crippen MR) is 99.2 cm³/mol.